The van der Waals surface area contributed by atoms with Crippen LogP contribution in [0, 0.1) is 5.41 Å². The Morgan fingerprint density at radius 2 is 2.00 bits per heavy atom. The fourth-order valence-electron chi connectivity index (χ4n) is 2.53. The Kier molecular flexibility index (Phi) is 3.45. The highest BCUT2D eigenvalue weighted by atomic mass is 79.9. The van der Waals surface area contributed by atoms with Crippen LogP contribution in [0.4, 0.5) is 0 Å². The summed E-state index contributed by atoms with van der Waals surface area (Å²) in [6.07, 6.45) is 0.133. The lowest BCUT2D eigenvalue weighted by atomic mass is 9.62. The molecular formula is C11H19BrO2. The largest absolute Gasteiger partial charge is 0.374 e. The summed E-state index contributed by atoms with van der Waals surface area (Å²) in [5.41, 5.74) is 1.04. The number of ether oxygens (including phenoxy) is 2. The molecule has 82 valence electrons. The van der Waals surface area contributed by atoms with Gasteiger partial charge < -0.3 is 9.47 Å². The van der Waals surface area contributed by atoms with Gasteiger partial charge in [-0.3, -0.25) is 0 Å². The maximum absolute atomic E-state index is 5.74. The summed E-state index contributed by atoms with van der Waals surface area (Å²) in [7, 11) is 1.73. The van der Waals surface area contributed by atoms with Crippen molar-refractivity contribution in [1.82, 2.24) is 0 Å². The van der Waals surface area contributed by atoms with E-state index in [4.69, 9.17) is 9.47 Å². The normalized spacial score (nSPS) is 45.3. The van der Waals surface area contributed by atoms with Gasteiger partial charge in [0.15, 0.2) is 0 Å². The average Bonchev–Trinajstić information content (AvgIpc) is 2.14. The van der Waals surface area contributed by atoms with Crippen molar-refractivity contribution in [3.05, 3.63) is 10.6 Å². The SMILES string of the molecule is CCO[C@H]1C(C)([13CH3])/C(=[13CH]\Br)[C@]1([13CH3])OC. The highest BCUT2D eigenvalue weighted by Crippen LogP contribution is 2.56. The molecule has 1 saturated carbocycles. The summed E-state index contributed by atoms with van der Waals surface area (Å²) in [5, 5.41) is 0. The van der Waals surface area contributed by atoms with Gasteiger partial charge in [-0.1, -0.05) is 29.8 Å². The third kappa shape index (κ3) is 1.46. The number of rotatable bonds is 3. The smallest absolute Gasteiger partial charge is 0.114 e. The van der Waals surface area contributed by atoms with Crippen molar-refractivity contribution in [2.24, 2.45) is 5.41 Å². The first-order valence-electron chi connectivity index (χ1n) is 4.93. The van der Waals surface area contributed by atoms with Crippen molar-refractivity contribution in [2.75, 3.05) is 13.7 Å². The lowest BCUT2D eigenvalue weighted by Crippen LogP contribution is -2.66. The molecule has 3 heteroatoms. The van der Waals surface area contributed by atoms with Gasteiger partial charge in [0.25, 0.3) is 0 Å². The molecule has 0 amide bonds. The predicted molar refractivity (Wildman–Crippen MR) is 61.6 cm³/mol. The van der Waals surface area contributed by atoms with Gasteiger partial charge in [0.05, 0.1) is 6.10 Å². The van der Waals surface area contributed by atoms with Crippen molar-refractivity contribution >= 4 is 15.9 Å². The molecule has 1 rings (SSSR count). The van der Waals surface area contributed by atoms with Crippen LogP contribution in [0.2, 0.25) is 0 Å². The molecule has 0 heterocycles. The maximum atomic E-state index is 5.74. The molecule has 3 atom stereocenters. The molecule has 1 aliphatic rings. The Morgan fingerprint density at radius 1 is 1.43 bits per heavy atom. The van der Waals surface area contributed by atoms with E-state index in [0.29, 0.717) is 0 Å². The van der Waals surface area contributed by atoms with Gasteiger partial charge in [-0.15, -0.1) is 0 Å². The van der Waals surface area contributed by atoms with Crippen LogP contribution < -0.4 is 0 Å². The second-order valence-electron chi connectivity index (χ2n) is 4.39. The Morgan fingerprint density at radius 3 is 2.36 bits per heavy atom. The Hall–Kier alpha value is 0.140. The molecule has 0 aromatic heterocycles. The van der Waals surface area contributed by atoms with Gasteiger partial charge >= 0.3 is 0 Å². The van der Waals surface area contributed by atoms with E-state index in [1.54, 1.807) is 7.11 Å². The fraction of sp³-hybridized carbons (Fsp3) is 0.818. The zero-order valence-electron chi connectivity index (χ0n) is 9.56. The second kappa shape index (κ2) is 3.95. The molecule has 1 fully saturated rings. The van der Waals surface area contributed by atoms with Crippen molar-refractivity contribution in [1.29, 1.82) is 0 Å². The van der Waals surface area contributed by atoms with Crippen molar-refractivity contribution < 1.29 is 9.47 Å². The van der Waals surface area contributed by atoms with Crippen molar-refractivity contribution in [2.45, 2.75) is 39.4 Å². The molecule has 0 radical (unpaired) electrons. The van der Waals surface area contributed by atoms with Crippen LogP contribution >= 0.6 is 15.9 Å². The summed E-state index contributed by atoms with van der Waals surface area (Å²) in [4.78, 5) is 1.96. The van der Waals surface area contributed by atoms with Crippen LogP contribution in [-0.2, 0) is 9.47 Å². The van der Waals surface area contributed by atoms with Crippen molar-refractivity contribution in [3.63, 3.8) is 0 Å². The van der Waals surface area contributed by atoms with Crippen LogP contribution in [0.15, 0.2) is 10.6 Å². The summed E-state index contributed by atoms with van der Waals surface area (Å²) < 4.78 is 11.3. The van der Waals surface area contributed by atoms with Crippen LogP contribution in [0.5, 0.6) is 0 Å². The number of methoxy groups -OCH3 is 1. The molecular weight excluding hydrogens is 247 g/mol. The molecule has 0 saturated heterocycles. The van der Waals surface area contributed by atoms with Crippen molar-refractivity contribution in [3.8, 4) is 0 Å². The lowest BCUT2D eigenvalue weighted by molar-refractivity contribution is -0.194. The topological polar surface area (TPSA) is 18.5 Å². The molecule has 0 aromatic rings. The minimum Gasteiger partial charge on any atom is -0.374 e. The molecule has 14 heavy (non-hydrogen) atoms. The quantitative estimate of drug-likeness (QED) is 0.731. The number of halogens is 1. The van der Waals surface area contributed by atoms with Gasteiger partial charge in [-0.2, -0.15) is 0 Å². The minimum absolute atomic E-state index is 0.0598. The molecule has 0 aliphatic heterocycles. The second-order valence-corrected chi connectivity index (χ2v) is 4.85. The van der Waals surface area contributed by atoms with Gasteiger partial charge in [0.1, 0.15) is 5.60 Å². The Balaban J connectivity index is 2.95. The van der Waals surface area contributed by atoms with E-state index in [0.717, 1.165) is 6.61 Å². The molecule has 0 N–H and O–H groups in total. The van der Waals surface area contributed by atoms with Gasteiger partial charge in [-0.25, -0.2) is 0 Å². The lowest BCUT2D eigenvalue weighted by Gasteiger charge is -2.59. The highest BCUT2D eigenvalue weighted by molar-refractivity contribution is 9.11. The highest BCUT2D eigenvalue weighted by Gasteiger charge is 2.61. The number of hydrogen-bond acceptors (Lipinski definition) is 2. The standard InChI is InChI=1S/C11H19BrO2/c1-6-14-9-10(2,3)8(7-12)11(9,4)13-5/h7,9H,6H2,1-5H3/b8-7+/t9-,11-/m0/s1/i2+1,4+1,7+1/t9-,10?,11-. The first kappa shape index (κ1) is 12.2. The van der Waals surface area contributed by atoms with E-state index in [-0.39, 0.29) is 17.1 Å². The monoisotopic (exact) mass is 265 g/mol. The third-order valence-corrected chi connectivity index (χ3v) is 3.71. The van der Waals surface area contributed by atoms with E-state index in [1.807, 2.05) is 11.9 Å². The Bertz CT molecular complexity index is 248. The molecule has 0 spiro atoms. The molecule has 0 bridgehead atoms. The molecule has 0 aromatic carbocycles. The molecule has 2 nitrogen and oxygen atoms in total. The summed E-state index contributed by atoms with van der Waals surface area (Å²) in [6.45, 7) is 9.18. The minimum atomic E-state index is -0.275. The maximum Gasteiger partial charge on any atom is 0.114 e. The zero-order valence-corrected chi connectivity index (χ0v) is 11.1. The van der Waals surface area contributed by atoms with Crippen LogP contribution in [0.3, 0.4) is 0 Å². The van der Waals surface area contributed by atoms with Gasteiger partial charge in [-0.05, 0) is 24.4 Å². The number of hydrogen-bond donors (Lipinski definition) is 0. The molecule has 1 unspecified atom stereocenters. The van der Waals surface area contributed by atoms with Gasteiger partial charge in [0.2, 0.25) is 0 Å². The first-order valence-corrected chi connectivity index (χ1v) is 5.84. The van der Waals surface area contributed by atoms with Gasteiger partial charge in [0, 0.05) is 19.1 Å². The first-order chi connectivity index (χ1) is 6.45. The van der Waals surface area contributed by atoms with E-state index in [2.05, 4.69) is 36.7 Å². The molecule has 1 aliphatic carbocycles. The zero-order chi connectivity index (χ0) is 11.0. The fourth-order valence-corrected chi connectivity index (χ4v) is 3.58. The van der Waals surface area contributed by atoms with Crippen LogP contribution in [-0.4, -0.2) is 25.4 Å². The van der Waals surface area contributed by atoms with E-state index < -0.39 is 0 Å². The predicted octanol–water partition coefficient (Wildman–Crippen LogP) is 3.12. The van der Waals surface area contributed by atoms with E-state index >= 15 is 0 Å². The van der Waals surface area contributed by atoms with E-state index in [9.17, 15) is 0 Å². The third-order valence-electron chi connectivity index (χ3n) is 3.25. The average molecular weight is 266 g/mol. The Labute approximate surface area is 94.8 Å². The summed E-state index contributed by atoms with van der Waals surface area (Å²) in [5.74, 6) is 0. The van der Waals surface area contributed by atoms with Crippen LogP contribution in [0.1, 0.15) is 27.7 Å². The summed E-state index contributed by atoms with van der Waals surface area (Å²) >= 11 is 3.40. The van der Waals surface area contributed by atoms with Crippen LogP contribution in [0.25, 0.3) is 0 Å². The summed E-state index contributed by atoms with van der Waals surface area (Å²) in [6, 6.07) is 0. The van der Waals surface area contributed by atoms with E-state index in [1.165, 1.54) is 5.57 Å².